The second kappa shape index (κ2) is 4.22. The third-order valence-electron chi connectivity index (χ3n) is 1.68. The molecule has 3 heteroatoms. The molecule has 0 spiro atoms. The van der Waals surface area contributed by atoms with Crippen LogP contribution in [0.3, 0.4) is 0 Å². The summed E-state index contributed by atoms with van der Waals surface area (Å²) in [5.74, 6) is -1.03. The van der Waals surface area contributed by atoms with Gasteiger partial charge in [0.05, 0.1) is 11.7 Å². The Morgan fingerprint density at radius 3 is 2.71 bits per heavy atom. The number of ether oxygens (including phenoxy) is 1. The smallest absolute Gasteiger partial charge is 0.338 e. The highest BCUT2D eigenvalue weighted by molar-refractivity contribution is 5.91. The summed E-state index contributed by atoms with van der Waals surface area (Å²) in [4.78, 5) is 11.4. The second-order valence-electron chi connectivity index (χ2n) is 3.22. The number of hydrogen-bond acceptors (Lipinski definition) is 2. The Morgan fingerprint density at radius 2 is 2.14 bits per heavy atom. The van der Waals surface area contributed by atoms with Gasteiger partial charge in [0.1, 0.15) is 5.82 Å². The van der Waals surface area contributed by atoms with E-state index in [1.54, 1.807) is 13.8 Å². The highest BCUT2D eigenvalue weighted by atomic mass is 19.1. The molecule has 14 heavy (non-hydrogen) atoms. The van der Waals surface area contributed by atoms with Crippen molar-refractivity contribution in [1.29, 1.82) is 0 Å². The first kappa shape index (κ1) is 10.7. The highest BCUT2D eigenvalue weighted by Gasteiger charge is 2.13. The molecule has 0 saturated heterocycles. The number of esters is 1. The van der Waals surface area contributed by atoms with Gasteiger partial charge in [-0.2, -0.15) is 0 Å². The molecule has 2 nitrogen and oxygen atoms in total. The van der Waals surface area contributed by atoms with Crippen molar-refractivity contribution in [2.75, 3.05) is 0 Å². The van der Waals surface area contributed by atoms with Crippen LogP contribution in [0.4, 0.5) is 4.39 Å². The molecule has 0 aliphatic rings. The Hall–Kier alpha value is -1.38. The maximum Gasteiger partial charge on any atom is 0.338 e. The zero-order valence-corrected chi connectivity index (χ0v) is 8.21. The van der Waals surface area contributed by atoms with Crippen LogP contribution in [0.25, 0.3) is 0 Å². The fourth-order valence-corrected chi connectivity index (χ4v) is 1.03. The number of benzene rings is 1. The summed E-state index contributed by atoms with van der Waals surface area (Å²) in [6, 6.07) is 4.21. The van der Waals surface area contributed by atoms with Crippen LogP contribution in [0, 0.1) is 12.7 Å². The minimum atomic E-state index is -0.537. The quantitative estimate of drug-likeness (QED) is 0.678. The van der Waals surface area contributed by atoms with Gasteiger partial charge in [0.15, 0.2) is 0 Å². The van der Waals surface area contributed by atoms with Crippen LogP contribution in [-0.4, -0.2) is 12.1 Å². The van der Waals surface area contributed by atoms with Crippen molar-refractivity contribution in [3.05, 3.63) is 42.1 Å². The van der Waals surface area contributed by atoms with E-state index in [4.69, 9.17) is 4.74 Å². The van der Waals surface area contributed by atoms with Crippen LogP contribution < -0.4 is 0 Å². The zero-order valence-electron chi connectivity index (χ0n) is 8.21. The summed E-state index contributed by atoms with van der Waals surface area (Å²) in [6.07, 6.45) is -0.217. The van der Waals surface area contributed by atoms with E-state index in [9.17, 15) is 9.18 Å². The summed E-state index contributed by atoms with van der Waals surface area (Å²) >= 11 is 0. The molecule has 0 fully saturated rings. The Kier molecular flexibility index (Phi) is 3.23. The normalized spacial score (nSPS) is 10.4. The van der Waals surface area contributed by atoms with Crippen molar-refractivity contribution in [3.63, 3.8) is 0 Å². The molecule has 1 aromatic rings. The Balaban J connectivity index is 2.96. The predicted octanol–water partition coefficient (Wildman–Crippen LogP) is 2.57. The van der Waals surface area contributed by atoms with E-state index in [-0.39, 0.29) is 17.2 Å². The van der Waals surface area contributed by atoms with Gasteiger partial charge in [-0.25, -0.2) is 9.18 Å². The van der Waals surface area contributed by atoms with Crippen LogP contribution in [0.2, 0.25) is 0 Å². The summed E-state index contributed by atoms with van der Waals surface area (Å²) in [5.41, 5.74) is 0.261. The number of carbonyl (C=O) groups is 1. The topological polar surface area (TPSA) is 26.3 Å². The number of halogens is 1. The second-order valence-corrected chi connectivity index (χ2v) is 3.22. The minimum Gasteiger partial charge on any atom is -0.459 e. The fraction of sp³-hybridized carbons (Fsp3) is 0.273. The Morgan fingerprint density at radius 1 is 1.50 bits per heavy atom. The molecule has 0 atom stereocenters. The average molecular weight is 195 g/mol. The zero-order chi connectivity index (χ0) is 10.7. The van der Waals surface area contributed by atoms with E-state index in [0.29, 0.717) is 0 Å². The third kappa shape index (κ3) is 2.31. The van der Waals surface area contributed by atoms with Crippen molar-refractivity contribution < 1.29 is 13.9 Å². The van der Waals surface area contributed by atoms with E-state index >= 15 is 0 Å². The highest BCUT2D eigenvalue weighted by Crippen LogP contribution is 2.13. The maximum absolute atomic E-state index is 13.0. The summed E-state index contributed by atoms with van der Waals surface area (Å²) in [7, 11) is 0. The standard InChI is InChI=1S/C11H12FO2/c1-7(2)14-11(13)9-5-4-6-10(12)8(9)3/h4-7H,3H2,1-2H3. The largest absolute Gasteiger partial charge is 0.459 e. The summed E-state index contributed by atoms with van der Waals surface area (Å²) in [5, 5.41) is 0. The number of hydrogen-bond donors (Lipinski definition) is 0. The Labute approximate surface area is 82.7 Å². The molecular formula is C11H12FO2. The minimum absolute atomic E-state index is 0.0816. The summed E-state index contributed by atoms with van der Waals surface area (Å²) in [6.45, 7) is 6.94. The van der Waals surface area contributed by atoms with Gasteiger partial charge in [-0.3, -0.25) is 0 Å². The van der Waals surface area contributed by atoms with Gasteiger partial charge >= 0.3 is 5.97 Å². The number of carbonyl (C=O) groups excluding carboxylic acids is 1. The molecule has 0 amide bonds. The van der Waals surface area contributed by atoms with Gasteiger partial charge in [0.25, 0.3) is 0 Å². The molecule has 0 heterocycles. The van der Waals surface area contributed by atoms with E-state index in [1.165, 1.54) is 18.2 Å². The summed E-state index contributed by atoms with van der Waals surface area (Å²) < 4.78 is 17.9. The van der Waals surface area contributed by atoms with Crippen LogP contribution in [0.1, 0.15) is 29.8 Å². The molecule has 1 radical (unpaired) electrons. The molecule has 1 aromatic carbocycles. The average Bonchev–Trinajstić information content (AvgIpc) is 2.08. The van der Waals surface area contributed by atoms with Crippen molar-refractivity contribution in [2.45, 2.75) is 20.0 Å². The third-order valence-corrected chi connectivity index (χ3v) is 1.68. The lowest BCUT2D eigenvalue weighted by molar-refractivity contribution is 0.0377. The van der Waals surface area contributed by atoms with Crippen LogP contribution in [0.5, 0.6) is 0 Å². The van der Waals surface area contributed by atoms with Gasteiger partial charge in [0.2, 0.25) is 0 Å². The molecule has 0 aliphatic carbocycles. The molecule has 0 aromatic heterocycles. The van der Waals surface area contributed by atoms with Crippen LogP contribution in [-0.2, 0) is 4.74 Å². The van der Waals surface area contributed by atoms with E-state index in [1.807, 2.05) is 0 Å². The first-order valence-corrected chi connectivity index (χ1v) is 4.34. The number of rotatable bonds is 2. The molecule has 1 rings (SSSR count). The van der Waals surface area contributed by atoms with E-state index in [2.05, 4.69) is 6.92 Å². The SMILES string of the molecule is [CH2]c1c(F)cccc1C(=O)OC(C)C. The lowest BCUT2D eigenvalue weighted by Crippen LogP contribution is -2.13. The van der Waals surface area contributed by atoms with Crippen molar-refractivity contribution in [2.24, 2.45) is 0 Å². The van der Waals surface area contributed by atoms with Crippen molar-refractivity contribution >= 4 is 5.97 Å². The van der Waals surface area contributed by atoms with Gasteiger partial charge in [-0.05, 0) is 32.9 Å². The van der Waals surface area contributed by atoms with Gasteiger partial charge in [-0.1, -0.05) is 6.07 Å². The molecule has 0 saturated carbocycles. The van der Waals surface area contributed by atoms with E-state index < -0.39 is 11.8 Å². The van der Waals surface area contributed by atoms with Gasteiger partial charge < -0.3 is 4.74 Å². The van der Waals surface area contributed by atoms with Crippen LogP contribution >= 0.6 is 0 Å². The molecule has 0 unspecified atom stereocenters. The monoisotopic (exact) mass is 195 g/mol. The first-order chi connectivity index (χ1) is 6.52. The van der Waals surface area contributed by atoms with Crippen LogP contribution in [0.15, 0.2) is 18.2 Å². The Bertz CT molecular complexity index is 345. The van der Waals surface area contributed by atoms with Gasteiger partial charge in [0, 0.05) is 5.56 Å². The lowest BCUT2D eigenvalue weighted by atomic mass is 10.1. The predicted molar refractivity (Wildman–Crippen MR) is 51.4 cm³/mol. The lowest BCUT2D eigenvalue weighted by Gasteiger charge is -2.09. The van der Waals surface area contributed by atoms with Gasteiger partial charge in [-0.15, -0.1) is 0 Å². The fourth-order valence-electron chi connectivity index (χ4n) is 1.03. The molecule has 0 bridgehead atoms. The molecule has 0 N–H and O–H groups in total. The molecular weight excluding hydrogens is 183 g/mol. The maximum atomic E-state index is 13.0. The van der Waals surface area contributed by atoms with E-state index in [0.717, 1.165) is 0 Å². The van der Waals surface area contributed by atoms with Crippen molar-refractivity contribution in [3.8, 4) is 0 Å². The van der Waals surface area contributed by atoms with Crippen molar-refractivity contribution in [1.82, 2.24) is 0 Å². The first-order valence-electron chi connectivity index (χ1n) is 4.34. The molecule has 0 aliphatic heterocycles. The molecule has 75 valence electrons.